The van der Waals surface area contributed by atoms with E-state index in [4.69, 9.17) is 28.5 Å². The van der Waals surface area contributed by atoms with E-state index in [1.807, 2.05) is 6.07 Å². The minimum absolute atomic E-state index is 0.0230. The number of benzene rings is 2. The van der Waals surface area contributed by atoms with Crippen molar-refractivity contribution in [3.05, 3.63) is 56.0 Å². The van der Waals surface area contributed by atoms with Crippen LogP contribution in [0.2, 0.25) is 10.0 Å². The molecule has 0 spiro atoms. The lowest BCUT2D eigenvalue weighted by atomic mass is 10.2. The molecule has 0 atom stereocenters. The Morgan fingerprint density at radius 2 is 1.75 bits per heavy atom. The van der Waals surface area contributed by atoms with Crippen LogP contribution in [-0.4, -0.2) is 0 Å². The first-order chi connectivity index (χ1) is 9.43. The number of anilines is 2. The zero-order valence-electron chi connectivity index (χ0n) is 9.65. The van der Waals surface area contributed by atoms with Gasteiger partial charge < -0.3 is 5.32 Å². The molecule has 2 aromatic carbocycles. The minimum atomic E-state index is -0.666. The van der Waals surface area contributed by atoms with Gasteiger partial charge in [-0.3, -0.25) is 0 Å². The normalized spacial score (nSPS) is 10.2. The summed E-state index contributed by atoms with van der Waals surface area (Å²) in [6.45, 7) is 0. The molecule has 0 fully saturated rings. The highest BCUT2D eigenvalue weighted by atomic mass is 79.9. The maximum Gasteiger partial charge on any atom is 0.162 e. The molecule has 1 N–H and O–H groups in total. The number of hydrogen-bond donors (Lipinski definition) is 1. The average Bonchev–Trinajstić information content (AvgIpc) is 2.38. The van der Waals surface area contributed by atoms with Crippen LogP contribution >= 0.6 is 39.1 Å². The Morgan fingerprint density at radius 1 is 1.15 bits per heavy atom. The molecule has 0 aliphatic rings. The third-order valence-corrected chi connectivity index (χ3v) is 3.84. The standard InChI is InChI=1S/C13H5BrCl2F2N2/c14-11-6(5-19)1-2-10(12(11)18)20-13-8(15)3-7(17)4-9(13)16/h1-4,20H. The largest absolute Gasteiger partial charge is 0.351 e. The van der Waals surface area contributed by atoms with Crippen molar-refractivity contribution in [2.75, 3.05) is 5.32 Å². The van der Waals surface area contributed by atoms with Crippen LogP contribution in [0.4, 0.5) is 20.2 Å². The Kier molecular flexibility index (Phi) is 4.48. The molecule has 0 heterocycles. The number of hydrogen-bond acceptors (Lipinski definition) is 2. The summed E-state index contributed by atoms with van der Waals surface area (Å²) in [5.74, 6) is -1.26. The van der Waals surface area contributed by atoms with Gasteiger partial charge in [-0.1, -0.05) is 23.2 Å². The summed E-state index contributed by atoms with van der Waals surface area (Å²) in [5.41, 5.74) is 0.404. The Labute approximate surface area is 132 Å². The summed E-state index contributed by atoms with van der Waals surface area (Å²) in [6, 6.07) is 6.77. The molecule has 20 heavy (non-hydrogen) atoms. The molecule has 0 radical (unpaired) electrons. The van der Waals surface area contributed by atoms with Crippen LogP contribution in [-0.2, 0) is 0 Å². The van der Waals surface area contributed by atoms with Gasteiger partial charge in [0.25, 0.3) is 0 Å². The monoisotopic (exact) mass is 376 g/mol. The van der Waals surface area contributed by atoms with Crippen LogP contribution in [0.5, 0.6) is 0 Å². The molecule has 0 aliphatic carbocycles. The predicted molar refractivity (Wildman–Crippen MR) is 78.5 cm³/mol. The molecule has 0 saturated carbocycles. The first-order valence-corrected chi connectivity index (χ1v) is 6.78. The molecular formula is C13H5BrCl2F2N2. The van der Waals surface area contributed by atoms with E-state index in [2.05, 4.69) is 21.2 Å². The van der Waals surface area contributed by atoms with Crippen molar-refractivity contribution in [3.63, 3.8) is 0 Å². The van der Waals surface area contributed by atoms with Crippen molar-refractivity contribution in [1.29, 1.82) is 5.26 Å². The van der Waals surface area contributed by atoms with Gasteiger partial charge >= 0.3 is 0 Å². The minimum Gasteiger partial charge on any atom is -0.351 e. The van der Waals surface area contributed by atoms with Gasteiger partial charge in [-0.2, -0.15) is 5.26 Å². The van der Waals surface area contributed by atoms with E-state index >= 15 is 0 Å². The number of halogens is 5. The van der Waals surface area contributed by atoms with E-state index in [9.17, 15) is 8.78 Å². The lowest BCUT2D eigenvalue weighted by Crippen LogP contribution is -1.98. The molecule has 2 aromatic rings. The second-order valence-corrected chi connectivity index (χ2v) is 5.38. The van der Waals surface area contributed by atoms with E-state index in [0.717, 1.165) is 12.1 Å². The molecule has 0 unspecified atom stereocenters. The third-order valence-electron chi connectivity index (χ3n) is 2.47. The van der Waals surface area contributed by atoms with Crippen molar-refractivity contribution in [1.82, 2.24) is 0 Å². The fraction of sp³-hybridized carbons (Fsp3) is 0. The lowest BCUT2D eigenvalue weighted by Gasteiger charge is -2.12. The molecule has 7 heteroatoms. The van der Waals surface area contributed by atoms with Crippen LogP contribution in [0.25, 0.3) is 0 Å². The first kappa shape index (κ1) is 15.0. The summed E-state index contributed by atoms with van der Waals surface area (Å²) in [5, 5.41) is 11.5. The Balaban J connectivity index is 2.47. The molecule has 2 nitrogen and oxygen atoms in total. The molecule has 102 valence electrons. The van der Waals surface area contributed by atoms with Crippen molar-refractivity contribution in [2.24, 2.45) is 0 Å². The molecule has 2 rings (SSSR count). The highest BCUT2D eigenvalue weighted by Gasteiger charge is 2.14. The lowest BCUT2D eigenvalue weighted by molar-refractivity contribution is 0.624. The highest BCUT2D eigenvalue weighted by Crippen LogP contribution is 2.36. The Bertz CT molecular complexity index is 706. The van der Waals surface area contributed by atoms with Crippen LogP contribution < -0.4 is 5.32 Å². The SMILES string of the molecule is N#Cc1ccc(Nc2c(Cl)cc(F)cc2Cl)c(F)c1Br. The Hall–Kier alpha value is -1.35. The molecule has 0 aliphatic heterocycles. The summed E-state index contributed by atoms with van der Waals surface area (Å²) < 4.78 is 27.2. The summed E-state index contributed by atoms with van der Waals surface area (Å²) in [6.07, 6.45) is 0. The van der Waals surface area contributed by atoms with E-state index in [0.29, 0.717) is 0 Å². The second kappa shape index (κ2) is 5.96. The summed E-state index contributed by atoms with van der Waals surface area (Å²) in [7, 11) is 0. The smallest absolute Gasteiger partial charge is 0.162 e. The van der Waals surface area contributed by atoms with Gasteiger partial charge in [0, 0.05) is 0 Å². The summed E-state index contributed by atoms with van der Waals surface area (Å²) >= 11 is 14.7. The van der Waals surface area contributed by atoms with Crippen molar-refractivity contribution in [2.45, 2.75) is 0 Å². The number of nitrogens with zero attached hydrogens (tertiary/aromatic N) is 1. The van der Waals surface area contributed by atoms with E-state index in [-0.39, 0.29) is 31.5 Å². The second-order valence-electron chi connectivity index (χ2n) is 3.77. The van der Waals surface area contributed by atoms with Gasteiger partial charge in [0.15, 0.2) is 5.82 Å². The van der Waals surface area contributed by atoms with Gasteiger partial charge in [0.1, 0.15) is 11.9 Å². The zero-order chi connectivity index (χ0) is 14.9. The molecule has 0 bridgehead atoms. The van der Waals surface area contributed by atoms with Gasteiger partial charge in [-0.15, -0.1) is 0 Å². The molecule has 0 saturated heterocycles. The van der Waals surface area contributed by atoms with Gasteiger partial charge in [-0.05, 0) is 40.2 Å². The maximum atomic E-state index is 14.1. The van der Waals surface area contributed by atoms with Crippen LogP contribution in [0, 0.1) is 23.0 Å². The molecule has 0 aromatic heterocycles. The highest BCUT2D eigenvalue weighted by molar-refractivity contribution is 9.10. The topological polar surface area (TPSA) is 35.8 Å². The van der Waals surface area contributed by atoms with E-state index in [1.165, 1.54) is 12.1 Å². The fourth-order valence-corrected chi connectivity index (χ4v) is 2.52. The van der Waals surface area contributed by atoms with Crippen LogP contribution in [0.15, 0.2) is 28.7 Å². The van der Waals surface area contributed by atoms with Crippen LogP contribution in [0.3, 0.4) is 0 Å². The van der Waals surface area contributed by atoms with E-state index in [1.54, 1.807) is 0 Å². The quantitative estimate of drug-likeness (QED) is 0.733. The summed E-state index contributed by atoms with van der Waals surface area (Å²) in [4.78, 5) is 0. The van der Waals surface area contributed by atoms with E-state index < -0.39 is 11.6 Å². The first-order valence-electron chi connectivity index (χ1n) is 5.23. The molecule has 0 amide bonds. The van der Waals surface area contributed by atoms with Gasteiger partial charge in [-0.25, -0.2) is 8.78 Å². The maximum absolute atomic E-state index is 14.1. The van der Waals surface area contributed by atoms with Crippen molar-refractivity contribution in [3.8, 4) is 6.07 Å². The third kappa shape index (κ3) is 2.88. The van der Waals surface area contributed by atoms with Crippen molar-refractivity contribution >= 4 is 50.5 Å². The van der Waals surface area contributed by atoms with Crippen molar-refractivity contribution < 1.29 is 8.78 Å². The van der Waals surface area contributed by atoms with Gasteiger partial charge in [0.05, 0.1) is 31.5 Å². The Morgan fingerprint density at radius 3 is 2.30 bits per heavy atom. The number of nitrogens with one attached hydrogen (secondary N) is 1. The van der Waals surface area contributed by atoms with Crippen LogP contribution in [0.1, 0.15) is 5.56 Å². The number of nitriles is 1. The fourth-order valence-electron chi connectivity index (χ4n) is 1.53. The predicted octanol–water partition coefficient (Wildman–Crippen LogP) is 5.65. The number of rotatable bonds is 2. The molecular weight excluding hydrogens is 373 g/mol. The zero-order valence-corrected chi connectivity index (χ0v) is 12.7. The average molecular weight is 378 g/mol. The van der Waals surface area contributed by atoms with Gasteiger partial charge in [0.2, 0.25) is 0 Å².